The lowest BCUT2D eigenvalue weighted by Gasteiger charge is -2.10. The molecular weight excluding hydrogens is 284 g/mol. The Kier molecular flexibility index (Phi) is 2.56. The predicted octanol–water partition coefficient (Wildman–Crippen LogP) is 1.68. The fourth-order valence-corrected chi connectivity index (χ4v) is 2.09. The standard InChI is InChI=1S/C11H13BrN4O/c12-8-1-2-9-14-10(15-16(9)5-8)13-6-11(7-17)3-4-11/h1-2,5,17H,3-4,6-7H2,(H,13,15). The normalized spacial score (nSPS) is 17.3. The topological polar surface area (TPSA) is 62.5 Å². The van der Waals surface area contributed by atoms with Crippen LogP contribution in [0.15, 0.2) is 22.8 Å². The first-order valence-corrected chi connectivity index (χ1v) is 6.37. The number of aromatic nitrogens is 3. The van der Waals surface area contributed by atoms with Crippen LogP contribution in [0.3, 0.4) is 0 Å². The third-order valence-electron chi connectivity index (χ3n) is 3.21. The van der Waals surface area contributed by atoms with Gasteiger partial charge in [0.1, 0.15) is 0 Å². The smallest absolute Gasteiger partial charge is 0.243 e. The van der Waals surface area contributed by atoms with Crippen molar-refractivity contribution in [3.05, 3.63) is 22.8 Å². The molecule has 2 aromatic rings. The van der Waals surface area contributed by atoms with Gasteiger partial charge in [0.25, 0.3) is 0 Å². The summed E-state index contributed by atoms with van der Waals surface area (Å²) < 4.78 is 2.70. The number of hydrogen-bond acceptors (Lipinski definition) is 4. The number of aliphatic hydroxyl groups excluding tert-OH is 1. The van der Waals surface area contributed by atoms with E-state index in [1.807, 2.05) is 18.3 Å². The summed E-state index contributed by atoms with van der Waals surface area (Å²) in [6.07, 6.45) is 4.03. The molecule has 0 bridgehead atoms. The van der Waals surface area contributed by atoms with Crippen molar-refractivity contribution in [1.82, 2.24) is 14.6 Å². The highest BCUT2D eigenvalue weighted by Crippen LogP contribution is 2.44. The molecule has 90 valence electrons. The van der Waals surface area contributed by atoms with Gasteiger partial charge < -0.3 is 10.4 Å². The first-order valence-electron chi connectivity index (χ1n) is 5.57. The molecule has 1 saturated carbocycles. The Hall–Kier alpha value is -1.14. The Bertz CT molecular complexity index is 549. The Morgan fingerprint density at radius 3 is 3.00 bits per heavy atom. The first-order chi connectivity index (χ1) is 8.21. The largest absolute Gasteiger partial charge is 0.396 e. The zero-order valence-electron chi connectivity index (χ0n) is 9.23. The number of pyridine rings is 1. The van der Waals surface area contributed by atoms with E-state index in [4.69, 9.17) is 0 Å². The zero-order chi connectivity index (χ0) is 11.9. The minimum Gasteiger partial charge on any atom is -0.396 e. The highest BCUT2D eigenvalue weighted by Gasteiger charge is 2.41. The average molecular weight is 297 g/mol. The fourth-order valence-electron chi connectivity index (χ4n) is 1.77. The summed E-state index contributed by atoms with van der Waals surface area (Å²) in [7, 11) is 0. The summed E-state index contributed by atoms with van der Waals surface area (Å²) in [4.78, 5) is 4.36. The van der Waals surface area contributed by atoms with Crippen LogP contribution in [0.4, 0.5) is 5.95 Å². The summed E-state index contributed by atoms with van der Waals surface area (Å²) >= 11 is 3.39. The lowest BCUT2D eigenvalue weighted by molar-refractivity contribution is 0.219. The number of nitrogens with zero attached hydrogens (tertiary/aromatic N) is 3. The molecule has 17 heavy (non-hydrogen) atoms. The van der Waals surface area contributed by atoms with E-state index in [-0.39, 0.29) is 12.0 Å². The predicted molar refractivity (Wildman–Crippen MR) is 67.9 cm³/mol. The molecule has 0 saturated heterocycles. The molecule has 2 N–H and O–H groups in total. The SMILES string of the molecule is OCC1(CNc2nc3ccc(Br)cn3n2)CC1. The summed E-state index contributed by atoms with van der Waals surface area (Å²) in [6, 6.07) is 3.84. The number of rotatable bonds is 4. The molecular formula is C11H13BrN4O. The molecule has 0 spiro atoms. The molecule has 6 heteroatoms. The van der Waals surface area contributed by atoms with Crippen molar-refractivity contribution in [1.29, 1.82) is 0 Å². The number of hydrogen-bond donors (Lipinski definition) is 2. The second-order valence-corrected chi connectivity index (χ2v) is 5.51. The molecule has 3 rings (SSSR count). The van der Waals surface area contributed by atoms with Crippen LogP contribution in [0.1, 0.15) is 12.8 Å². The molecule has 0 atom stereocenters. The van der Waals surface area contributed by atoms with Crippen LogP contribution in [-0.2, 0) is 0 Å². The third-order valence-corrected chi connectivity index (χ3v) is 3.68. The summed E-state index contributed by atoms with van der Waals surface area (Å²) in [5.74, 6) is 0.614. The molecule has 2 heterocycles. The Morgan fingerprint density at radius 2 is 2.29 bits per heavy atom. The monoisotopic (exact) mass is 296 g/mol. The average Bonchev–Trinajstić information content (AvgIpc) is 3.00. The Morgan fingerprint density at radius 1 is 1.47 bits per heavy atom. The quantitative estimate of drug-likeness (QED) is 0.901. The van der Waals surface area contributed by atoms with Crippen LogP contribution in [0, 0.1) is 5.41 Å². The summed E-state index contributed by atoms with van der Waals surface area (Å²) in [5.41, 5.74) is 0.877. The van der Waals surface area contributed by atoms with Crippen molar-refractivity contribution >= 4 is 27.5 Å². The van der Waals surface area contributed by atoms with Crippen molar-refractivity contribution in [3.63, 3.8) is 0 Å². The molecule has 2 aromatic heterocycles. The maximum Gasteiger partial charge on any atom is 0.243 e. The minimum atomic E-state index is 0.0675. The molecule has 0 amide bonds. The van der Waals surface area contributed by atoms with Crippen LogP contribution in [0.5, 0.6) is 0 Å². The summed E-state index contributed by atoms with van der Waals surface area (Å²) in [5, 5.41) is 16.7. The van der Waals surface area contributed by atoms with E-state index in [9.17, 15) is 5.11 Å². The molecule has 1 fully saturated rings. The lowest BCUT2D eigenvalue weighted by atomic mass is 10.1. The molecule has 1 aliphatic carbocycles. The van der Waals surface area contributed by atoms with Gasteiger partial charge in [0.05, 0.1) is 6.61 Å². The highest BCUT2D eigenvalue weighted by atomic mass is 79.9. The van der Waals surface area contributed by atoms with Gasteiger partial charge >= 0.3 is 0 Å². The number of aliphatic hydroxyl groups is 1. The van der Waals surface area contributed by atoms with Crippen molar-refractivity contribution in [2.75, 3.05) is 18.5 Å². The second kappa shape index (κ2) is 3.96. The van der Waals surface area contributed by atoms with Crippen LogP contribution in [-0.4, -0.2) is 32.9 Å². The van der Waals surface area contributed by atoms with E-state index >= 15 is 0 Å². The molecule has 0 unspecified atom stereocenters. The van der Waals surface area contributed by atoms with Crippen LogP contribution < -0.4 is 5.32 Å². The maximum absolute atomic E-state index is 9.22. The van der Waals surface area contributed by atoms with Gasteiger partial charge in [-0.05, 0) is 40.9 Å². The second-order valence-electron chi connectivity index (χ2n) is 4.60. The van der Waals surface area contributed by atoms with Crippen molar-refractivity contribution in [3.8, 4) is 0 Å². The van der Waals surface area contributed by atoms with E-state index in [1.54, 1.807) is 4.52 Å². The number of fused-ring (bicyclic) bond motifs is 1. The van der Waals surface area contributed by atoms with E-state index in [2.05, 4.69) is 31.3 Å². The fraction of sp³-hybridized carbons (Fsp3) is 0.455. The molecule has 0 aliphatic heterocycles. The van der Waals surface area contributed by atoms with Crippen molar-refractivity contribution in [2.45, 2.75) is 12.8 Å². The molecule has 5 nitrogen and oxygen atoms in total. The van der Waals surface area contributed by atoms with Crippen LogP contribution >= 0.6 is 15.9 Å². The van der Waals surface area contributed by atoms with Gasteiger partial charge in [0, 0.05) is 22.6 Å². The van der Waals surface area contributed by atoms with E-state index < -0.39 is 0 Å². The van der Waals surface area contributed by atoms with Gasteiger partial charge in [-0.15, -0.1) is 5.10 Å². The van der Waals surface area contributed by atoms with Gasteiger partial charge in [-0.25, -0.2) is 4.52 Å². The van der Waals surface area contributed by atoms with Gasteiger partial charge in [-0.3, -0.25) is 0 Å². The lowest BCUT2D eigenvalue weighted by Crippen LogP contribution is -2.19. The van der Waals surface area contributed by atoms with E-state index in [0.29, 0.717) is 5.95 Å². The highest BCUT2D eigenvalue weighted by molar-refractivity contribution is 9.10. The maximum atomic E-state index is 9.22. The van der Waals surface area contributed by atoms with Crippen molar-refractivity contribution in [2.24, 2.45) is 5.41 Å². The van der Waals surface area contributed by atoms with Crippen LogP contribution in [0.2, 0.25) is 0 Å². The van der Waals surface area contributed by atoms with Crippen LogP contribution in [0.25, 0.3) is 5.65 Å². The number of nitrogens with one attached hydrogen (secondary N) is 1. The van der Waals surface area contributed by atoms with Gasteiger partial charge in [0.15, 0.2) is 5.65 Å². The minimum absolute atomic E-state index is 0.0675. The van der Waals surface area contributed by atoms with Gasteiger partial charge in [0.2, 0.25) is 5.95 Å². The van der Waals surface area contributed by atoms with E-state index in [1.165, 1.54) is 0 Å². The number of halogens is 1. The molecule has 1 aliphatic rings. The summed E-state index contributed by atoms with van der Waals surface area (Å²) in [6.45, 7) is 0.973. The van der Waals surface area contributed by atoms with E-state index in [0.717, 1.165) is 29.5 Å². The third kappa shape index (κ3) is 2.14. The zero-order valence-corrected chi connectivity index (χ0v) is 10.8. The van der Waals surface area contributed by atoms with Gasteiger partial charge in [-0.2, -0.15) is 4.98 Å². The Labute approximate surface area is 107 Å². The first kappa shape index (κ1) is 11.0. The van der Waals surface area contributed by atoms with Crippen molar-refractivity contribution < 1.29 is 5.11 Å². The number of anilines is 1. The molecule has 0 radical (unpaired) electrons. The molecule has 0 aromatic carbocycles. The van der Waals surface area contributed by atoms with Gasteiger partial charge in [-0.1, -0.05) is 0 Å². The Balaban J connectivity index is 1.77.